The molecule has 0 saturated carbocycles. The van der Waals surface area contributed by atoms with Crippen molar-refractivity contribution in [3.05, 3.63) is 93.6 Å². The molecule has 2 heterocycles. The zero-order valence-electron chi connectivity index (χ0n) is 26.2. The lowest BCUT2D eigenvalue weighted by Gasteiger charge is -2.34. The predicted molar refractivity (Wildman–Crippen MR) is 182 cm³/mol. The molecular formula is C34H34Cl2N6O5. The van der Waals surface area contributed by atoms with Gasteiger partial charge in [0.1, 0.15) is 17.9 Å². The van der Waals surface area contributed by atoms with E-state index >= 15 is 0 Å². The number of likely N-dealkylation sites (N-methyl/N-ethyl adjacent to an activating group) is 1. The molecule has 0 radical (unpaired) electrons. The van der Waals surface area contributed by atoms with Crippen molar-refractivity contribution in [1.29, 1.82) is 0 Å². The summed E-state index contributed by atoms with van der Waals surface area (Å²) >= 11 is 13.2. The van der Waals surface area contributed by atoms with Gasteiger partial charge in [-0.05, 0) is 49.4 Å². The number of carbonyl (C=O) groups excluding carboxylic acids is 4. The maximum Gasteiger partial charge on any atom is 0.319 e. The van der Waals surface area contributed by atoms with Crippen molar-refractivity contribution in [3.63, 3.8) is 0 Å². The van der Waals surface area contributed by atoms with Crippen LogP contribution in [0.2, 0.25) is 10.0 Å². The van der Waals surface area contributed by atoms with Gasteiger partial charge in [0, 0.05) is 73.1 Å². The zero-order chi connectivity index (χ0) is 33.7. The number of para-hydroxylation sites is 1. The van der Waals surface area contributed by atoms with E-state index in [1.165, 1.54) is 11.8 Å². The second-order valence-electron chi connectivity index (χ2n) is 11.1. The topological polar surface area (TPSA) is 124 Å². The van der Waals surface area contributed by atoms with Gasteiger partial charge in [0.25, 0.3) is 5.91 Å². The van der Waals surface area contributed by atoms with Crippen LogP contribution < -0.4 is 20.3 Å². The number of pyridine rings is 1. The Morgan fingerprint density at radius 1 is 0.936 bits per heavy atom. The van der Waals surface area contributed by atoms with E-state index in [4.69, 9.17) is 27.9 Å². The summed E-state index contributed by atoms with van der Waals surface area (Å²) in [5.74, 6) is -0.0673. The number of aromatic nitrogens is 1. The van der Waals surface area contributed by atoms with Crippen LogP contribution in [0, 0.1) is 6.92 Å². The Kier molecular flexibility index (Phi) is 10.5. The number of aryl methyl sites for hydroxylation is 1. The number of ether oxygens (including phenoxy) is 1. The fourth-order valence-electron chi connectivity index (χ4n) is 5.18. The molecule has 13 heteroatoms. The van der Waals surface area contributed by atoms with Crippen LogP contribution in [0.15, 0.2) is 66.7 Å². The third-order valence-electron chi connectivity index (χ3n) is 7.88. The van der Waals surface area contributed by atoms with E-state index in [0.717, 1.165) is 16.6 Å². The van der Waals surface area contributed by atoms with Gasteiger partial charge < -0.3 is 30.1 Å². The number of hydrogen-bond acceptors (Lipinski definition) is 6. The highest BCUT2D eigenvalue weighted by Crippen LogP contribution is 2.35. The fourth-order valence-corrected chi connectivity index (χ4v) is 5.79. The van der Waals surface area contributed by atoms with Gasteiger partial charge >= 0.3 is 6.03 Å². The number of hydrogen-bond donors (Lipinski definition) is 2. The summed E-state index contributed by atoms with van der Waals surface area (Å²) in [6, 6.07) is 18.7. The molecule has 1 fully saturated rings. The first-order valence-electron chi connectivity index (χ1n) is 14.9. The molecule has 1 aromatic heterocycles. The smallest absolute Gasteiger partial charge is 0.319 e. The van der Waals surface area contributed by atoms with Crippen LogP contribution in [0.1, 0.15) is 28.5 Å². The van der Waals surface area contributed by atoms with Crippen molar-refractivity contribution in [2.45, 2.75) is 20.5 Å². The van der Waals surface area contributed by atoms with Crippen molar-refractivity contribution in [3.8, 4) is 5.75 Å². The molecule has 0 bridgehead atoms. The van der Waals surface area contributed by atoms with Gasteiger partial charge in [0.2, 0.25) is 11.8 Å². The summed E-state index contributed by atoms with van der Waals surface area (Å²) in [6.45, 7) is 4.94. The quantitative estimate of drug-likeness (QED) is 0.253. The lowest BCUT2D eigenvalue weighted by Crippen LogP contribution is -2.50. The maximum absolute atomic E-state index is 13.1. The van der Waals surface area contributed by atoms with Crippen LogP contribution in [0.4, 0.5) is 16.2 Å². The number of fused-ring (bicyclic) bond motifs is 1. The molecule has 5 rings (SSSR count). The molecule has 1 aliphatic heterocycles. The third-order valence-corrected chi connectivity index (χ3v) is 8.65. The second-order valence-corrected chi connectivity index (χ2v) is 11.9. The van der Waals surface area contributed by atoms with Crippen LogP contribution in [-0.4, -0.2) is 78.3 Å². The van der Waals surface area contributed by atoms with E-state index in [1.54, 1.807) is 53.2 Å². The molecule has 2 N–H and O–H groups in total. The molecular weight excluding hydrogens is 643 g/mol. The van der Waals surface area contributed by atoms with Gasteiger partial charge in [-0.25, -0.2) is 9.78 Å². The molecule has 0 aliphatic carbocycles. The molecule has 0 spiro atoms. The minimum Gasteiger partial charge on any atom is -0.487 e. The number of carbonyl (C=O) groups is 4. The van der Waals surface area contributed by atoms with Crippen LogP contribution >= 0.6 is 23.2 Å². The highest BCUT2D eigenvalue weighted by Gasteiger charge is 2.24. The third kappa shape index (κ3) is 7.93. The number of nitrogens with zero attached hydrogens (tertiary/aromatic N) is 4. The van der Waals surface area contributed by atoms with Crippen molar-refractivity contribution < 1.29 is 23.9 Å². The van der Waals surface area contributed by atoms with Crippen molar-refractivity contribution in [2.24, 2.45) is 0 Å². The lowest BCUT2D eigenvalue weighted by atomic mass is 10.1. The lowest BCUT2D eigenvalue weighted by molar-refractivity contribution is -0.130. The van der Waals surface area contributed by atoms with E-state index < -0.39 is 11.9 Å². The van der Waals surface area contributed by atoms with E-state index in [1.807, 2.05) is 37.3 Å². The second kappa shape index (κ2) is 14.7. The SMILES string of the molecule is CC(=O)N1CCN(C(=O)c2cccc(NC(=O)NCC(=O)N(C)c3ccc(Cl)c(COc4cccc5ccc(C)nc45)c3Cl)c2)CC1. The normalized spacial score (nSPS) is 12.9. The highest BCUT2D eigenvalue weighted by atomic mass is 35.5. The summed E-state index contributed by atoms with van der Waals surface area (Å²) in [7, 11) is 1.55. The molecule has 1 aliphatic rings. The summed E-state index contributed by atoms with van der Waals surface area (Å²) in [5, 5.41) is 6.76. The molecule has 5 amide bonds. The standard InChI is InChI=1S/C34H34Cl2N6O5/c1-21-10-11-23-6-5-9-29(32(23)38-21)47-20-26-27(35)12-13-28(31(26)36)40(3)30(44)19-37-34(46)39-25-8-4-7-24(18-25)33(45)42-16-14-41(15-17-42)22(2)43/h4-13,18H,14-17,19-20H2,1-3H3,(H2,37,39,46). The highest BCUT2D eigenvalue weighted by molar-refractivity contribution is 6.38. The predicted octanol–water partition coefficient (Wildman–Crippen LogP) is 5.52. The average molecular weight is 678 g/mol. The minimum absolute atomic E-state index is 0.0182. The molecule has 47 heavy (non-hydrogen) atoms. The summed E-state index contributed by atoms with van der Waals surface area (Å²) < 4.78 is 6.09. The first-order valence-corrected chi connectivity index (χ1v) is 15.7. The first kappa shape index (κ1) is 33.5. The molecule has 0 unspecified atom stereocenters. The van der Waals surface area contributed by atoms with Crippen LogP contribution in [0.3, 0.4) is 0 Å². The van der Waals surface area contributed by atoms with Crippen molar-refractivity contribution >= 4 is 69.2 Å². The maximum atomic E-state index is 13.1. The Bertz CT molecular complexity index is 1840. The molecule has 0 atom stereocenters. The molecule has 4 aromatic rings. The molecule has 3 aromatic carbocycles. The van der Waals surface area contributed by atoms with E-state index in [0.29, 0.717) is 59.5 Å². The first-order chi connectivity index (χ1) is 22.5. The Hall–Kier alpha value is -4.87. The van der Waals surface area contributed by atoms with Crippen LogP contribution in [0.25, 0.3) is 10.9 Å². The summed E-state index contributed by atoms with van der Waals surface area (Å²) in [6.07, 6.45) is 0. The van der Waals surface area contributed by atoms with Gasteiger partial charge in [-0.2, -0.15) is 0 Å². The van der Waals surface area contributed by atoms with E-state index in [9.17, 15) is 19.2 Å². The Morgan fingerprint density at radius 2 is 1.66 bits per heavy atom. The number of anilines is 2. The van der Waals surface area contributed by atoms with Crippen LogP contribution in [0.5, 0.6) is 5.75 Å². The van der Waals surface area contributed by atoms with E-state index in [-0.39, 0.29) is 30.0 Å². The summed E-state index contributed by atoms with van der Waals surface area (Å²) in [4.78, 5) is 59.6. The number of urea groups is 1. The zero-order valence-corrected chi connectivity index (χ0v) is 27.7. The summed E-state index contributed by atoms with van der Waals surface area (Å²) in [5.41, 5.74) is 3.25. The van der Waals surface area contributed by atoms with E-state index in [2.05, 4.69) is 15.6 Å². The van der Waals surface area contributed by atoms with Gasteiger partial charge in [0.15, 0.2) is 0 Å². The minimum atomic E-state index is -0.623. The molecule has 11 nitrogen and oxygen atoms in total. The number of halogens is 2. The van der Waals surface area contributed by atoms with Gasteiger partial charge in [-0.1, -0.05) is 47.5 Å². The number of nitrogens with one attached hydrogen (secondary N) is 2. The van der Waals surface area contributed by atoms with Gasteiger partial charge in [-0.15, -0.1) is 0 Å². The van der Waals surface area contributed by atoms with Crippen LogP contribution in [-0.2, 0) is 16.2 Å². The number of amides is 5. The van der Waals surface area contributed by atoms with Gasteiger partial charge in [-0.3, -0.25) is 14.4 Å². The van der Waals surface area contributed by atoms with Gasteiger partial charge in [0.05, 0.1) is 17.3 Å². The number of rotatable bonds is 8. The Balaban J connectivity index is 1.17. The molecule has 244 valence electrons. The Labute approximate surface area is 282 Å². The fraction of sp³-hybridized carbons (Fsp3) is 0.265. The number of benzene rings is 3. The molecule has 1 saturated heterocycles. The Morgan fingerprint density at radius 3 is 2.40 bits per heavy atom. The monoisotopic (exact) mass is 676 g/mol. The average Bonchev–Trinajstić information content (AvgIpc) is 3.06. The van der Waals surface area contributed by atoms with Crippen molar-refractivity contribution in [2.75, 3.05) is 50.0 Å². The number of piperazine rings is 1. The largest absolute Gasteiger partial charge is 0.487 e. The van der Waals surface area contributed by atoms with Crippen molar-refractivity contribution in [1.82, 2.24) is 20.1 Å².